The smallest absolute Gasteiger partial charge is 0.269 e. The molecule has 0 amide bonds. The van der Waals surface area contributed by atoms with Crippen molar-refractivity contribution >= 4 is 23.4 Å². The van der Waals surface area contributed by atoms with E-state index in [-0.39, 0.29) is 12.3 Å². The Morgan fingerprint density at radius 1 is 1.32 bits per heavy atom. The summed E-state index contributed by atoms with van der Waals surface area (Å²) in [5, 5.41) is 10.8. The fourth-order valence-electron chi connectivity index (χ4n) is 2.29. The van der Waals surface area contributed by atoms with Gasteiger partial charge in [0.05, 0.1) is 19.0 Å². The molecule has 1 aromatic carbocycles. The molecule has 1 aliphatic heterocycles. The van der Waals surface area contributed by atoms with Crippen molar-refractivity contribution < 1.29 is 9.66 Å². The number of fused-ring (bicyclic) bond motifs is 1. The summed E-state index contributed by atoms with van der Waals surface area (Å²) in [6, 6.07) is 8.26. The van der Waals surface area contributed by atoms with E-state index >= 15 is 0 Å². The first kappa shape index (κ1) is 14.2. The van der Waals surface area contributed by atoms with Crippen molar-refractivity contribution in [3.63, 3.8) is 0 Å². The quantitative estimate of drug-likeness (QED) is 0.494. The van der Waals surface area contributed by atoms with Crippen molar-refractivity contribution in [3.05, 3.63) is 52.2 Å². The highest BCUT2D eigenvalue weighted by molar-refractivity contribution is 5.89. The van der Waals surface area contributed by atoms with E-state index in [2.05, 4.69) is 9.98 Å². The van der Waals surface area contributed by atoms with Gasteiger partial charge in [0.25, 0.3) is 5.69 Å². The van der Waals surface area contributed by atoms with Gasteiger partial charge in [-0.2, -0.15) is 4.99 Å². The van der Waals surface area contributed by atoms with Crippen molar-refractivity contribution in [3.8, 4) is 5.88 Å². The highest BCUT2D eigenvalue weighted by Gasteiger charge is 2.30. The Bertz CT molecular complexity index is 771. The molecule has 7 heteroatoms. The molecule has 0 saturated heterocycles. The zero-order chi connectivity index (χ0) is 15.7. The Labute approximate surface area is 127 Å². The van der Waals surface area contributed by atoms with Crippen LogP contribution in [0.1, 0.15) is 5.56 Å². The summed E-state index contributed by atoms with van der Waals surface area (Å²) in [5.41, 5.74) is 2.47. The lowest BCUT2D eigenvalue weighted by molar-refractivity contribution is -0.384. The van der Waals surface area contributed by atoms with Gasteiger partial charge in [0.15, 0.2) is 17.7 Å². The highest BCUT2D eigenvalue weighted by atomic mass is 16.6. The van der Waals surface area contributed by atoms with Gasteiger partial charge in [0.1, 0.15) is 6.61 Å². The fraction of sp³-hybridized carbons (Fsp3) is 0.200. The van der Waals surface area contributed by atoms with E-state index < -0.39 is 4.92 Å². The number of hydrogen-bond acceptors (Lipinski definition) is 5. The number of nitrogens with zero attached hydrogens (tertiary/aromatic N) is 4. The van der Waals surface area contributed by atoms with E-state index in [0.29, 0.717) is 21.6 Å². The molecular weight excluding hydrogens is 284 g/mol. The molecule has 7 nitrogen and oxygen atoms in total. The van der Waals surface area contributed by atoms with Gasteiger partial charge in [-0.05, 0) is 5.56 Å². The summed E-state index contributed by atoms with van der Waals surface area (Å²) in [6.45, 7) is 0.202. The molecule has 112 valence electrons. The number of hydrogen-bond donors (Lipinski definition) is 0. The summed E-state index contributed by atoms with van der Waals surface area (Å²) < 4.78 is 6.24. The van der Waals surface area contributed by atoms with Crippen LogP contribution in [-0.2, 0) is 6.61 Å². The number of benzene rings is 1. The van der Waals surface area contributed by atoms with Crippen LogP contribution in [0.4, 0.5) is 17.1 Å². The van der Waals surface area contributed by atoms with E-state index in [1.54, 1.807) is 18.3 Å². The van der Waals surface area contributed by atoms with Gasteiger partial charge >= 0.3 is 0 Å². The Balaban J connectivity index is 1.81. The molecule has 0 unspecified atom stereocenters. The third kappa shape index (κ3) is 2.53. The highest BCUT2D eigenvalue weighted by Crippen LogP contribution is 2.41. The van der Waals surface area contributed by atoms with Gasteiger partial charge in [-0.1, -0.05) is 12.1 Å². The summed E-state index contributed by atoms with van der Waals surface area (Å²) in [5.74, 6) is 0.434. The van der Waals surface area contributed by atoms with Crippen molar-refractivity contribution in [1.82, 2.24) is 9.47 Å². The van der Waals surface area contributed by atoms with Crippen LogP contribution in [0.3, 0.4) is 0 Å². The average molecular weight is 299 g/mol. The zero-order valence-electron chi connectivity index (χ0n) is 12.3. The lowest BCUT2D eigenvalue weighted by Crippen LogP contribution is -2.36. The molecule has 22 heavy (non-hydrogen) atoms. The minimum atomic E-state index is -0.424. The molecule has 1 aliphatic rings. The molecule has 0 spiro atoms. The van der Waals surface area contributed by atoms with Crippen molar-refractivity contribution in [1.29, 1.82) is 0 Å². The van der Waals surface area contributed by atoms with Crippen LogP contribution in [0.2, 0.25) is 0 Å². The third-order valence-electron chi connectivity index (χ3n) is 3.46. The van der Waals surface area contributed by atoms with Gasteiger partial charge in [0, 0.05) is 24.4 Å². The number of rotatable bonds is 4. The maximum Gasteiger partial charge on any atom is 0.269 e. The van der Waals surface area contributed by atoms with Crippen LogP contribution in [0, 0.1) is 10.1 Å². The van der Waals surface area contributed by atoms with Crippen LogP contribution in [0.25, 0.3) is 0 Å². The van der Waals surface area contributed by atoms with Crippen LogP contribution in [0.5, 0.6) is 5.88 Å². The second-order valence-electron chi connectivity index (χ2n) is 5.48. The van der Waals surface area contributed by atoms with Crippen molar-refractivity contribution in [2.75, 3.05) is 14.1 Å². The molecule has 1 aromatic heterocycles. The number of non-ortho nitro benzene ring substituents is 1. The molecule has 0 atom stereocenters. The van der Waals surface area contributed by atoms with Crippen LogP contribution in [0.15, 0.2) is 41.5 Å². The monoisotopic (exact) mass is 299 g/mol. The van der Waals surface area contributed by atoms with Gasteiger partial charge in [-0.25, -0.2) is 4.98 Å². The average Bonchev–Trinajstić information content (AvgIpc) is 2.82. The number of nitro groups is 1. The lowest BCUT2D eigenvalue weighted by atomic mass is 10.2. The number of pyridine rings is 1. The van der Waals surface area contributed by atoms with Gasteiger partial charge in [-0.15, -0.1) is 0 Å². The largest absolute Gasteiger partial charge is 0.471 e. The van der Waals surface area contributed by atoms with E-state index in [4.69, 9.17) is 4.74 Å². The first-order chi connectivity index (χ1) is 10.5. The predicted molar refractivity (Wildman–Crippen MR) is 83.5 cm³/mol. The van der Waals surface area contributed by atoms with E-state index in [9.17, 15) is 10.1 Å². The molecule has 0 aliphatic carbocycles. The number of nitro benzene ring substituents is 1. The first-order valence-electron chi connectivity index (χ1n) is 6.72. The standard InChI is InChI=1S/C15H15N4O3/c1-19(2)10-17-14-13(19)6-7-16-15(14)22-9-11-4-3-5-12(8-11)18(20)21/h3-8,10H,9H2,1-2H3/q+1. The number of quaternary nitrogens is 1. The second kappa shape index (κ2) is 5.19. The van der Waals surface area contributed by atoms with E-state index in [1.807, 2.05) is 26.5 Å². The molecule has 0 saturated carbocycles. The Morgan fingerprint density at radius 3 is 2.91 bits per heavy atom. The van der Waals surface area contributed by atoms with E-state index in [1.165, 1.54) is 12.1 Å². The molecule has 0 fully saturated rings. The number of aromatic nitrogens is 1. The maximum atomic E-state index is 10.8. The summed E-state index contributed by atoms with van der Waals surface area (Å²) in [4.78, 5) is 18.9. The summed E-state index contributed by atoms with van der Waals surface area (Å²) >= 11 is 0. The number of ether oxygens (including phenoxy) is 1. The predicted octanol–water partition coefficient (Wildman–Crippen LogP) is 2.81. The van der Waals surface area contributed by atoms with Gasteiger partial charge in [0.2, 0.25) is 5.88 Å². The molecule has 0 bridgehead atoms. The topological polar surface area (TPSA) is 77.6 Å². The molecule has 0 radical (unpaired) electrons. The Kier molecular flexibility index (Phi) is 3.34. The summed E-state index contributed by atoms with van der Waals surface area (Å²) in [6.07, 6.45) is 3.49. The first-order valence-corrected chi connectivity index (χ1v) is 6.72. The minimum Gasteiger partial charge on any atom is -0.471 e. The zero-order valence-corrected chi connectivity index (χ0v) is 12.3. The van der Waals surface area contributed by atoms with Crippen LogP contribution in [-0.4, -0.2) is 30.3 Å². The van der Waals surface area contributed by atoms with Crippen molar-refractivity contribution in [2.45, 2.75) is 6.61 Å². The molecule has 3 rings (SSSR count). The van der Waals surface area contributed by atoms with Crippen LogP contribution >= 0.6 is 0 Å². The molecule has 2 heterocycles. The Morgan fingerprint density at radius 2 is 2.14 bits per heavy atom. The van der Waals surface area contributed by atoms with Crippen LogP contribution < -0.4 is 9.22 Å². The maximum absolute atomic E-state index is 10.8. The summed E-state index contributed by atoms with van der Waals surface area (Å²) in [7, 11) is 4.03. The van der Waals surface area contributed by atoms with Gasteiger partial charge < -0.3 is 4.74 Å². The molecule has 2 aromatic rings. The lowest BCUT2D eigenvalue weighted by Gasteiger charge is -2.19. The van der Waals surface area contributed by atoms with Crippen molar-refractivity contribution in [2.24, 2.45) is 4.99 Å². The van der Waals surface area contributed by atoms with Gasteiger partial charge in [-0.3, -0.25) is 14.6 Å². The second-order valence-corrected chi connectivity index (χ2v) is 5.48. The van der Waals surface area contributed by atoms with E-state index in [0.717, 1.165) is 5.69 Å². The molecule has 0 N–H and O–H groups in total. The fourth-order valence-corrected chi connectivity index (χ4v) is 2.29. The molecular formula is C15H15N4O3+. The Hall–Kier alpha value is -2.80. The number of aliphatic imine (C=N–C) groups is 1. The third-order valence-corrected chi connectivity index (χ3v) is 3.46. The normalized spacial score (nSPS) is 14.6. The SMILES string of the molecule is C[N+]1(C)C=Nc2c1ccnc2OCc1cccc([N+](=O)[O-])c1. The minimum absolute atomic E-state index is 0.0446.